The van der Waals surface area contributed by atoms with Gasteiger partial charge < -0.3 is 9.80 Å². The van der Waals surface area contributed by atoms with Crippen molar-refractivity contribution in [2.24, 2.45) is 0 Å². The summed E-state index contributed by atoms with van der Waals surface area (Å²) in [7, 11) is 0. The van der Waals surface area contributed by atoms with Crippen LogP contribution in [0.3, 0.4) is 0 Å². The van der Waals surface area contributed by atoms with Crippen molar-refractivity contribution in [3.8, 4) is 0 Å². The molecule has 1 amide bonds. The molecule has 2 aromatic carbocycles. The Labute approximate surface area is 193 Å². The Morgan fingerprint density at radius 2 is 1.79 bits per heavy atom. The molecule has 0 saturated carbocycles. The fraction of sp³-hybridized carbons (Fsp3) is 0.190. The van der Waals surface area contributed by atoms with Gasteiger partial charge in [-0.05, 0) is 30.3 Å². The van der Waals surface area contributed by atoms with E-state index >= 15 is 0 Å². The average Bonchev–Trinajstić information content (AvgIpc) is 2.82. The van der Waals surface area contributed by atoms with Gasteiger partial charge in [0.05, 0.1) is 10.6 Å². The second kappa shape index (κ2) is 9.65. The van der Waals surface area contributed by atoms with Gasteiger partial charge in [0.1, 0.15) is 12.1 Å². The summed E-state index contributed by atoms with van der Waals surface area (Å²) in [6.45, 7) is 1.69. The van der Waals surface area contributed by atoms with Crippen LogP contribution < -0.4 is 20.7 Å². The first-order chi connectivity index (χ1) is 15.9. The van der Waals surface area contributed by atoms with Crippen LogP contribution in [-0.4, -0.2) is 47.0 Å². The van der Waals surface area contributed by atoms with Crippen LogP contribution in [0.2, 0.25) is 5.02 Å². The maximum atomic E-state index is 14.1. The minimum absolute atomic E-state index is 0.114. The molecule has 0 radical (unpaired) electrons. The van der Waals surface area contributed by atoms with Crippen molar-refractivity contribution in [3.63, 3.8) is 0 Å². The molecule has 33 heavy (non-hydrogen) atoms. The lowest BCUT2D eigenvalue weighted by atomic mass is 10.2. The van der Waals surface area contributed by atoms with Crippen molar-refractivity contribution in [2.45, 2.75) is 0 Å². The number of hydrogen-bond acceptors (Lipinski definition) is 8. The molecule has 12 heteroatoms. The van der Waals surface area contributed by atoms with E-state index in [0.29, 0.717) is 36.9 Å². The number of hydrogen-bond donors (Lipinski definition) is 2. The standard InChI is InChI=1S/C21H19ClFN7O3/c22-15-5-3-4-14(12-15)21(31)27-26-19-18(30(32)33)20(25-13-24-19)29-10-8-28(9-11-29)17-7-2-1-6-16(17)23/h1-7,12-13H,8-11H2,(H,27,31)(H,24,25,26). The van der Waals surface area contributed by atoms with Crippen LogP contribution >= 0.6 is 11.6 Å². The maximum absolute atomic E-state index is 14.1. The third-order valence-electron chi connectivity index (χ3n) is 5.14. The van der Waals surface area contributed by atoms with Gasteiger partial charge in [0.2, 0.25) is 11.6 Å². The molecule has 0 unspecified atom stereocenters. The summed E-state index contributed by atoms with van der Waals surface area (Å²) in [5.41, 5.74) is 5.29. The van der Waals surface area contributed by atoms with E-state index < -0.39 is 10.8 Å². The summed E-state index contributed by atoms with van der Waals surface area (Å²) in [5, 5.41) is 12.2. The minimum Gasteiger partial charge on any atom is -0.366 e. The van der Waals surface area contributed by atoms with Crippen LogP contribution in [0.5, 0.6) is 0 Å². The minimum atomic E-state index is -0.605. The molecular weight excluding hydrogens is 453 g/mol. The predicted octanol–water partition coefficient (Wildman–Crippen LogP) is 3.26. The van der Waals surface area contributed by atoms with Crippen LogP contribution in [0.25, 0.3) is 0 Å². The highest BCUT2D eigenvalue weighted by Gasteiger charge is 2.30. The Bertz CT molecular complexity index is 1190. The Hall–Kier alpha value is -3.99. The number of para-hydroxylation sites is 1. The highest BCUT2D eigenvalue weighted by molar-refractivity contribution is 6.30. The molecule has 1 fully saturated rings. The molecule has 1 aromatic heterocycles. The van der Waals surface area contributed by atoms with Crippen LogP contribution in [-0.2, 0) is 0 Å². The molecule has 3 aromatic rings. The first kappa shape index (κ1) is 22.2. The van der Waals surface area contributed by atoms with Gasteiger partial charge in [-0.3, -0.25) is 25.8 Å². The van der Waals surface area contributed by atoms with Gasteiger partial charge in [-0.1, -0.05) is 29.8 Å². The molecular formula is C21H19ClFN7O3. The summed E-state index contributed by atoms with van der Waals surface area (Å²) in [6, 6.07) is 12.7. The van der Waals surface area contributed by atoms with Crippen LogP contribution in [0.4, 0.5) is 27.4 Å². The van der Waals surface area contributed by atoms with Crippen molar-refractivity contribution >= 4 is 40.5 Å². The summed E-state index contributed by atoms with van der Waals surface area (Å²) in [6.07, 6.45) is 1.18. The van der Waals surface area contributed by atoms with Crippen LogP contribution in [0, 0.1) is 15.9 Å². The second-order valence-corrected chi connectivity index (χ2v) is 7.60. The summed E-state index contributed by atoms with van der Waals surface area (Å²) < 4.78 is 14.1. The topological polar surface area (TPSA) is 117 Å². The van der Waals surface area contributed by atoms with Crippen molar-refractivity contribution < 1.29 is 14.1 Å². The SMILES string of the molecule is O=C(NNc1ncnc(N2CCN(c3ccccc3F)CC2)c1[N+](=O)[O-])c1cccc(Cl)c1. The van der Waals surface area contributed by atoms with Gasteiger partial charge in [0.15, 0.2) is 0 Å². The molecule has 1 aliphatic heterocycles. The third-order valence-corrected chi connectivity index (χ3v) is 5.37. The van der Waals surface area contributed by atoms with E-state index in [4.69, 9.17) is 11.6 Å². The smallest absolute Gasteiger partial charge is 0.355 e. The average molecular weight is 472 g/mol. The number of anilines is 3. The fourth-order valence-electron chi connectivity index (χ4n) is 3.55. The molecule has 0 aliphatic carbocycles. The summed E-state index contributed by atoms with van der Waals surface area (Å²) >= 11 is 5.90. The first-order valence-corrected chi connectivity index (χ1v) is 10.4. The van der Waals surface area contributed by atoms with Crippen molar-refractivity contribution in [1.82, 2.24) is 15.4 Å². The molecule has 2 N–H and O–H groups in total. The maximum Gasteiger partial charge on any atom is 0.355 e. The number of amides is 1. The van der Waals surface area contributed by atoms with Gasteiger partial charge >= 0.3 is 5.69 Å². The molecule has 10 nitrogen and oxygen atoms in total. The van der Waals surface area contributed by atoms with Crippen molar-refractivity contribution in [2.75, 3.05) is 41.4 Å². The molecule has 0 spiro atoms. The highest BCUT2D eigenvalue weighted by Crippen LogP contribution is 2.32. The normalized spacial score (nSPS) is 13.5. The first-order valence-electron chi connectivity index (χ1n) is 10.00. The number of carbonyl (C=O) groups is 1. The van der Waals surface area contributed by atoms with E-state index in [9.17, 15) is 19.3 Å². The third kappa shape index (κ3) is 4.93. The van der Waals surface area contributed by atoms with E-state index in [2.05, 4.69) is 20.8 Å². The molecule has 4 rings (SSSR count). The lowest BCUT2D eigenvalue weighted by molar-refractivity contribution is -0.383. The monoisotopic (exact) mass is 471 g/mol. The van der Waals surface area contributed by atoms with E-state index in [0.717, 1.165) is 0 Å². The quantitative estimate of drug-likeness (QED) is 0.415. The number of benzene rings is 2. The van der Waals surface area contributed by atoms with Crippen molar-refractivity contribution in [3.05, 3.63) is 81.4 Å². The fourth-order valence-corrected chi connectivity index (χ4v) is 3.74. The zero-order valence-electron chi connectivity index (χ0n) is 17.2. The van der Waals surface area contributed by atoms with Gasteiger partial charge in [0, 0.05) is 36.8 Å². The zero-order valence-corrected chi connectivity index (χ0v) is 18.0. The number of aromatic nitrogens is 2. The number of nitrogens with one attached hydrogen (secondary N) is 2. The lowest BCUT2D eigenvalue weighted by Gasteiger charge is -2.36. The summed E-state index contributed by atoms with van der Waals surface area (Å²) in [5.74, 6) is -0.897. The van der Waals surface area contributed by atoms with Gasteiger partial charge in [-0.2, -0.15) is 0 Å². The number of piperazine rings is 1. The predicted molar refractivity (Wildman–Crippen MR) is 122 cm³/mol. The van der Waals surface area contributed by atoms with E-state index in [1.165, 1.54) is 18.5 Å². The molecule has 2 heterocycles. The Morgan fingerprint density at radius 1 is 1.06 bits per heavy atom. The van der Waals surface area contributed by atoms with Gasteiger partial charge in [-0.25, -0.2) is 14.4 Å². The number of hydrazine groups is 1. The number of nitro groups is 1. The largest absolute Gasteiger partial charge is 0.366 e. The number of carbonyl (C=O) groups excluding carboxylic acids is 1. The molecule has 170 valence electrons. The Kier molecular flexibility index (Phi) is 6.50. The highest BCUT2D eigenvalue weighted by atomic mass is 35.5. The van der Waals surface area contributed by atoms with Crippen molar-refractivity contribution in [1.29, 1.82) is 0 Å². The Balaban J connectivity index is 1.49. The molecule has 0 atom stereocenters. The molecule has 1 saturated heterocycles. The van der Waals surface area contributed by atoms with Gasteiger partial charge in [-0.15, -0.1) is 0 Å². The number of halogens is 2. The summed E-state index contributed by atoms with van der Waals surface area (Å²) in [4.78, 5) is 35.2. The van der Waals surface area contributed by atoms with E-state index in [-0.39, 0.29) is 28.7 Å². The molecule has 0 bridgehead atoms. The zero-order chi connectivity index (χ0) is 23.4. The second-order valence-electron chi connectivity index (χ2n) is 7.17. The molecule has 1 aliphatic rings. The number of nitrogens with zero attached hydrogens (tertiary/aromatic N) is 5. The van der Waals surface area contributed by atoms with Crippen LogP contribution in [0.15, 0.2) is 54.9 Å². The Morgan fingerprint density at radius 3 is 2.48 bits per heavy atom. The van der Waals surface area contributed by atoms with E-state index in [1.807, 2.05) is 4.90 Å². The van der Waals surface area contributed by atoms with Crippen LogP contribution in [0.1, 0.15) is 10.4 Å². The van der Waals surface area contributed by atoms with Gasteiger partial charge in [0.25, 0.3) is 5.91 Å². The lowest BCUT2D eigenvalue weighted by Crippen LogP contribution is -2.47. The van der Waals surface area contributed by atoms with E-state index in [1.54, 1.807) is 41.3 Å². The number of rotatable bonds is 6.